The summed E-state index contributed by atoms with van der Waals surface area (Å²) in [5.74, 6) is 0.392. The topological polar surface area (TPSA) is 64.7 Å². The van der Waals surface area contributed by atoms with Crippen molar-refractivity contribution in [1.29, 1.82) is 0 Å². The van der Waals surface area contributed by atoms with E-state index >= 15 is 0 Å². The highest BCUT2D eigenvalue weighted by Gasteiger charge is 2.29. The molecule has 0 saturated carbocycles. The van der Waals surface area contributed by atoms with Gasteiger partial charge in [-0.15, -0.1) is 0 Å². The zero-order chi connectivity index (χ0) is 17.6. The number of nitrogens with one attached hydrogen (secondary N) is 2. The summed E-state index contributed by atoms with van der Waals surface area (Å²) in [5.41, 5.74) is 1.33. The van der Waals surface area contributed by atoms with Gasteiger partial charge in [-0.25, -0.2) is 4.79 Å². The molecule has 0 aliphatic carbocycles. The lowest BCUT2D eigenvalue weighted by Crippen LogP contribution is -2.58. The quantitative estimate of drug-likeness (QED) is 0.868. The van der Waals surface area contributed by atoms with Gasteiger partial charge in [0.15, 0.2) is 0 Å². The van der Waals surface area contributed by atoms with Gasteiger partial charge in [-0.3, -0.25) is 9.69 Å². The van der Waals surface area contributed by atoms with Gasteiger partial charge in [-0.05, 0) is 37.8 Å². The molecule has 2 atom stereocenters. The number of nitrogens with zero attached hydrogens (tertiary/aromatic N) is 2. The van der Waals surface area contributed by atoms with Crippen LogP contribution in [0.25, 0.3) is 0 Å². The molecule has 136 valence electrons. The van der Waals surface area contributed by atoms with Crippen LogP contribution in [0, 0.1) is 5.92 Å². The molecular weight excluding hydrogens is 316 g/mol. The molecule has 2 N–H and O–H groups in total. The van der Waals surface area contributed by atoms with Gasteiger partial charge in [0.1, 0.15) is 6.04 Å². The third-order valence-electron chi connectivity index (χ3n) is 5.15. The third kappa shape index (κ3) is 4.72. The van der Waals surface area contributed by atoms with Crippen molar-refractivity contribution in [2.75, 3.05) is 32.7 Å². The Morgan fingerprint density at radius 2 is 2.08 bits per heavy atom. The first kappa shape index (κ1) is 17.7. The minimum absolute atomic E-state index is 0.0758. The van der Waals surface area contributed by atoms with Crippen molar-refractivity contribution in [2.45, 2.75) is 32.4 Å². The van der Waals surface area contributed by atoms with E-state index in [0.717, 1.165) is 32.5 Å². The molecule has 0 spiro atoms. The largest absolute Gasteiger partial charge is 0.353 e. The molecule has 6 heteroatoms. The minimum Gasteiger partial charge on any atom is -0.353 e. The molecule has 2 fully saturated rings. The van der Waals surface area contributed by atoms with Crippen LogP contribution < -0.4 is 10.6 Å². The molecular formula is C19H28N4O2. The second-order valence-corrected chi connectivity index (χ2v) is 7.08. The van der Waals surface area contributed by atoms with E-state index in [-0.39, 0.29) is 11.9 Å². The predicted molar refractivity (Wildman–Crippen MR) is 97.0 cm³/mol. The second kappa shape index (κ2) is 8.34. The molecule has 6 nitrogen and oxygen atoms in total. The van der Waals surface area contributed by atoms with E-state index in [1.807, 2.05) is 6.07 Å². The van der Waals surface area contributed by atoms with Gasteiger partial charge in [-0.2, -0.15) is 0 Å². The Balaban J connectivity index is 1.46. The van der Waals surface area contributed by atoms with Crippen LogP contribution in [-0.2, 0) is 11.3 Å². The maximum absolute atomic E-state index is 12.4. The fraction of sp³-hybridized carbons (Fsp3) is 0.579. The summed E-state index contributed by atoms with van der Waals surface area (Å²) in [6.07, 6.45) is 2.30. The van der Waals surface area contributed by atoms with Crippen LogP contribution in [-0.4, -0.2) is 60.5 Å². The Hall–Kier alpha value is -2.08. The van der Waals surface area contributed by atoms with E-state index in [1.54, 1.807) is 11.8 Å². The maximum atomic E-state index is 12.4. The first-order valence-corrected chi connectivity index (χ1v) is 9.22. The fourth-order valence-corrected chi connectivity index (χ4v) is 3.70. The monoisotopic (exact) mass is 344 g/mol. The van der Waals surface area contributed by atoms with Crippen molar-refractivity contribution in [3.05, 3.63) is 35.9 Å². The standard InChI is InChI=1S/C19H28N4O2/c1-15-18(24)20-9-11-23(15)19(25)21-12-17-8-5-10-22(14-17)13-16-6-3-2-4-7-16/h2-4,6-7,15,17H,5,8-14H2,1H3,(H,20,24)(H,21,25)/t15-,17+/m1/s1. The molecule has 1 aromatic carbocycles. The lowest BCUT2D eigenvalue weighted by molar-refractivity contribution is -0.126. The number of rotatable bonds is 4. The van der Waals surface area contributed by atoms with Crippen LogP contribution in [0.4, 0.5) is 4.79 Å². The van der Waals surface area contributed by atoms with Crippen LogP contribution in [0.1, 0.15) is 25.3 Å². The normalized spacial score (nSPS) is 24.7. The molecule has 2 saturated heterocycles. The Kier molecular flexibility index (Phi) is 5.91. The molecule has 25 heavy (non-hydrogen) atoms. The molecule has 1 aromatic rings. The van der Waals surface area contributed by atoms with Crippen molar-refractivity contribution >= 4 is 11.9 Å². The average molecular weight is 344 g/mol. The molecule has 2 heterocycles. The molecule has 3 amide bonds. The summed E-state index contributed by atoms with van der Waals surface area (Å²) in [7, 11) is 0. The highest BCUT2D eigenvalue weighted by molar-refractivity contribution is 5.87. The number of carbonyl (C=O) groups is 2. The van der Waals surface area contributed by atoms with E-state index in [0.29, 0.717) is 25.6 Å². The number of piperazine rings is 1. The van der Waals surface area contributed by atoms with Gasteiger partial charge >= 0.3 is 6.03 Å². The minimum atomic E-state index is -0.394. The molecule has 0 radical (unpaired) electrons. The number of hydrogen-bond acceptors (Lipinski definition) is 3. The van der Waals surface area contributed by atoms with Crippen molar-refractivity contribution in [1.82, 2.24) is 20.4 Å². The highest BCUT2D eigenvalue weighted by atomic mass is 16.2. The van der Waals surface area contributed by atoms with Gasteiger partial charge in [0.25, 0.3) is 0 Å². The number of urea groups is 1. The second-order valence-electron chi connectivity index (χ2n) is 7.08. The van der Waals surface area contributed by atoms with Crippen LogP contribution >= 0.6 is 0 Å². The fourth-order valence-electron chi connectivity index (χ4n) is 3.70. The first-order chi connectivity index (χ1) is 12.1. The Labute approximate surface area is 149 Å². The molecule has 0 unspecified atom stereocenters. The SMILES string of the molecule is C[C@@H]1C(=O)NCCN1C(=O)NC[C@@H]1CCCN(Cc2ccccc2)C1. The van der Waals surface area contributed by atoms with Crippen molar-refractivity contribution in [3.63, 3.8) is 0 Å². The summed E-state index contributed by atoms with van der Waals surface area (Å²) in [6, 6.07) is 10.00. The maximum Gasteiger partial charge on any atom is 0.318 e. The average Bonchev–Trinajstić information content (AvgIpc) is 2.63. The smallest absolute Gasteiger partial charge is 0.318 e. The van der Waals surface area contributed by atoms with Gasteiger partial charge < -0.3 is 15.5 Å². The Morgan fingerprint density at radius 1 is 1.28 bits per heavy atom. The highest BCUT2D eigenvalue weighted by Crippen LogP contribution is 2.18. The third-order valence-corrected chi connectivity index (χ3v) is 5.15. The number of benzene rings is 1. The van der Waals surface area contributed by atoms with E-state index in [9.17, 15) is 9.59 Å². The van der Waals surface area contributed by atoms with Crippen LogP contribution in [0.15, 0.2) is 30.3 Å². The number of hydrogen-bond donors (Lipinski definition) is 2. The Morgan fingerprint density at radius 3 is 2.88 bits per heavy atom. The van der Waals surface area contributed by atoms with E-state index in [1.165, 1.54) is 5.56 Å². The number of likely N-dealkylation sites (tertiary alicyclic amines) is 1. The van der Waals surface area contributed by atoms with E-state index < -0.39 is 6.04 Å². The van der Waals surface area contributed by atoms with Crippen LogP contribution in [0.3, 0.4) is 0 Å². The first-order valence-electron chi connectivity index (χ1n) is 9.22. The van der Waals surface area contributed by atoms with Gasteiger partial charge in [0, 0.05) is 32.7 Å². The molecule has 2 aliphatic heterocycles. The van der Waals surface area contributed by atoms with Crippen LogP contribution in [0.2, 0.25) is 0 Å². The van der Waals surface area contributed by atoms with Crippen molar-refractivity contribution < 1.29 is 9.59 Å². The molecule has 0 bridgehead atoms. The molecule has 3 rings (SSSR count). The summed E-state index contributed by atoms with van der Waals surface area (Å²) < 4.78 is 0. The number of piperidine rings is 1. The lowest BCUT2D eigenvalue weighted by Gasteiger charge is -2.35. The predicted octanol–water partition coefficient (Wildman–Crippen LogP) is 1.43. The summed E-state index contributed by atoms with van der Waals surface area (Å²) in [4.78, 5) is 28.2. The van der Waals surface area contributed by atoms with Crippen LogP contribution in [0.5, 0.6) is 0 Å². The van der Waals surface area contributed by atoms with E-state index in [4.69, 9.17) is 0 Å². The zero-order valence-electron chi connectivity index (χ0n) is 14.9. The summed E-state index contributed by atoms with van der Waals surface area (Å²) in [5, 5.41) is 5.82. The zero-order valence-corrected chi connectivity index (χ0v) is 14.9. The molecule has 0 aromatic heterocycles. The van der Waals surface area contributed by atoms with Gasteiger partial charge in [-0.1, -0.05) is 30.3 Å². The summed E-state index contributed by atoms with van der Waals surface area (Å²) in [6.45, 7) is 6.64. The molecule has 2 aliphatic rings. The Bertz CT molecular complexity index is 592. The van der Waals surface area contributed by atoms with Crippen molar-refractivity contribution in [3.8, 4) is 0 Å². The van der Waals surface area contributed by atoms with Gasteiger partial charge in [0.2, 0.25) is 5.91 Å². The van der Waals surface area contributed by atoms with Gasteiger partial charge in [0.05, 0.1) is 0 Å². The number of amides is 3. The summed E-state index contributed by atoms with van der Waals surface area (Å²) >= 11 is 0. The lowest BCUT2D eigenvalue weighted by atomic mass is 9.97. The van der Waals surface area contributed by atoms with Crippen molar-refractivity contribution in [2.24, 2.45) is 5.92 Å². The van der Waals surface area contributed by atoms with E-state index in [2.05, 4.69) is 39.8 Å². The number of carbonyl (C=O) groups excluding carboxylic acids is 2.